The molecule has 8 rings (SSSR count). The molecule has 1 fully saturated rings. The second-order valence-electron chi connectivity index (χ2n) is 14.9. The van der Waals surface area contributed by atoms with E-state index < -0.39 is 53.7 Å². The van der Waals surface area contributed by atoms with E-state index >= 15 is 0 Å². The minimum Gasteiger partial charge on any atom is -0.452 e. The van der Waals surface area contributed by atoms with Crippen molar-refractivity contribution >= 4 is 17.9 Å². The Morgan fingerprint density at radius 1 is 0.468 bits per heavy atom. The molecule has 0 amide bonds. The number of esters is 3. The summed E-state index contributed by atoms with van der Waals surface area (Å²) in [6.45, 7) is -0.332. The number of rotatable bonds is 14. The van der Waals surface area contributed by atoms with Crippen LogP contribution < -0.4 is 0 Å². The number of carbonyl (C=O) groups excluding carboxylic acids is 3. The summed E-state index contributed by atoms with van der Waals surface area (Å²) >= 11 is 0. The van der Waals surface area contributed by atoms with Gasteiger partial charge < -0.3 is 28.8 Å². The molecule has 310 valence electrons. The Bertz CT molecular complexity index is 2430. The molecular formula is C53H44O9. The number of carbonyl (C=O) groups is 3. The van der Waals surface area contributed by atoms with Crippen LogP contribution in [0.15, 0.2) is 212 Å². The van der Waals surface area contributed by atoms with Crippen molar-refractivity contribution in [1.82, 2.24) is 0 Å². The molecule has 1 aliphatic heterocycles. The molecule has 0 aliphatic carbocycles. The fraction of sp³-hybridized carbons (Fsp3) is 0.151. The third-order valence-corrected chi connectivity index (χ3v) is 10.8. The van der Waals surface area contributed by atoms with Crippen LogP contribution in [0.4, 0.5) is 0 Å². The monoisotopic (exact) mass is 824 g/mol. The average Bonchev–Trinajstić information content (AvgIpc) is 3.33. The van der Waals surface area contributed by atoms with Crippen LogP contribution in [0, 0.1) is 0 Å². The van der Waals surface area contributed by atoms with Crippen molar-refractivity contribution in [3.63, 3.8) is 0 Å². The lowest BCUT2D eigenvalue weighted by molar-refractivity contribution is -0.348. The van der Waals surface area contributed by atoms with Gasteiger partial charge in [0, 0.05) is 6.42 Å². The lowest BCUT2D eigenvalue weighted by Crippen LogP contribution is -2.69. The SMILES string of the molecule is O=C(OC1C(COC(c2ccccc2)(c2ccccc2)c2ccccc2)OC(O)(Cc2ccccc2)C(OC(=O)c2ccccc2)C1OC(=O)c1ccccc1)c1ccccc1. The molecule has 5 unspecified atom stereocenters. The Labute approximate surface area is 360 Å². The van der Waals surface area contributed by atoms with E-state index in [1.807, 2.05) is 97.1 Å². The fourth-order valence-electron chi connectivity index (χ4n) is 7.89. The third-order valence-electron chi connectivity index (χ3n) is 10.8. The second-order valence-corrected chi connectivity index (χ2v) is 14.9. The molecule has 1 N–H and O–H groups in total. The first-order valence-corrected chi connectivity index (χ1v) is 20.4. The third kappa shape index (κ3) is 9.11. The summed E-state index contributed by atoms with van der Waals surface area (Å²) in [5, 5.41) is 13.1. The molecule has 0 saturated carbocycles. The molecule has 7 aromatic rings. The van der Waals surface area contributed by atoms with Crippen LogP contribution in [0.1, 0.15) is 53.3 Å². The minimum atomic E-state index is -2.38. The van der Waals surface area contributed by atoms with Gasteiger partial charge in [-0.15, -0.1) is 0 Å². The first kappa shape index (κ1) is 41.6. The molecular weight excluding hydrogens is 781 g/mol. The highest BCUT2D eigenvalue weighted by Gasteiger charge is 2.60. The Morgan fingerprint density at radius 3 is 1.21 bits per heavy atom. The zero-order valence-corrected chi connectivity index (χ0v) is 33.6. The molecule has 1 aliphatic rings. The van der Waals surface area contributed by atoms with Crippen molar-refractivity contribution < 1.29 is 43.2 Å². The summed E-state index contributed by atoms with van der Waals surface area (Å²) in [6.07, 6.45) is -6.46. The van der Waals surface area contributed by atoms with E-state index in [2.05, 4.69) is 0 Å². The Morgan fingerprint density at radius 2 is 0.806 bits per heavy atom. The summed E-state index contributed by atoms with van der Waals surface area (Å²) in [7, 11) is 0. The summed E-state index contributed by atoms with van der Waals surface area (Å²) in [6, 6.07) is 62.9. The summed E-state index contributed by atoms with van der Waals surface area (Å²) in [4.78, 5) is 42.5. The maximum atomic E-state index is 14.2. The predicted octanol–water partition coefficient (Wildman–Crippen LogP) is 9.00. The number of benzene rings is 7. The van der Waals surface area contributed by atoms with Gasteiger partial charge in [-0.05, 0) is 58.7 Å². The standard InChI is InChI=1S/C53H44O9/c54-49(39-24-10-2-11-25-39)59-46-45(37-58-53(42-30-16-5-17-31-42,43-32-18-6-19-33-43)44-34-20-7-21-35-44)62-52(57,36-38-22-8-1-9-23-38)48(61-51(56)41-28-14-4-15-29-41)47(46)60-50(55)40-26-12-3-13-27-40/h1-35,45-48,57H,36-37H2. The van der Waals surface area contributed by atoms with E-state index in [1.165, 1.54) is 0 Å². The smallest absolute Gasteiger partial charge is 0.338 e. The highest BCUT2D eigenvalue weighted by molar-refractivity contribution is 5.91. The maximum absolute atomic E-state index is 14.2. The van der Waals surface area contributed by atoms with Gasteiger partial charge in [-0.25, -0.2) is 14.4 Å². The first-order valence-electron chi connectivity index (χ1n) is 20.4. The van der Waals surface area contributed by atoms with Crippen molar-refractivity contribution in [2.45, 2.75) is 42.2 Å². The van der Waals surface area contributed by atoms with Gasteiger partial charge in [0.1, 0.15) is 11.7 Å². The summed E-state index contributed by atoms with van der Waals surface area (Å²) in [5.74, 6) is -4.79. The molecule has 9 nitrogen and oxygen atoms in total. The van der Waals surface area contributed by atoms with Gasteiger partial charge in [0.05, 0.1) is 23.3 Å². The Hall–Kier alpha value is -7.17. The molecule has 9 heteroatoms. The number of hydrogen-bond acceptors (Lipinski definition) is 9. The van der Waals surface area contributed by atoms with Gasteiger partial charge in [-0.3, -0.25) is 0 Å². The van der Waals surface area contributed by atoms with Crippen molar-refractivity contribution in [3.05, 3.63) is 251 Å². The van der Waals surface area contributed by atoms with Gasteiger partial charge in [-0.1, -0.05) is 176 Å². The van der Waals surface area contributed by atoms with Gasteiger partial charge in [0.25, 0.3) is 0 Å². The quantitative estimate of drug-likeness (QED) is 0.0652. The molecule has 0 bridgehead atoms. The van der Waals surface area contributed by atoms with E-state index in [-0.39, 0.29) is 29.7 Å². The van der Waals surface area contributed by atoms with Gasteiger partial charge in [0.2, 0.25) is 5.79 Å². The van der Waals surface area contributed by atoms with E-state index in [0.29, 0.717) is 5.56 Å². The normalized spacial score (nSPS) is 19.8. The molecule has 5 atom stereocenters. The molecule has 0 aromatic heterocycles. The zero-order chi connectivity index (χ0) is 42.8. The van der Waals surface area contributed by atoms with Crippen molar-refractivity contribution in [3.8, 4) is 0 Å². The molecule has 0 radical (unpaired) electrons. The van der Waals surface area contributed by atoms with Crippen LogP contribution in [0.2, 0.25) is 0 Å². The van der Waals surface area contributed by atoms with Gasteiger partial charge in [-0.2, -0.15) is 0 Å². The largest absolute Gasteiger partial charge is 0.452 e. The van der Waals surface area contributed by atoms with Crippen LogP contribution in [0.3, 0.4) is 0 Å². The second kappa shape index (κ2) is 19.0. The lowest BCUT2D eigenvalue weighted by atomic mass is 9.80. The van der Waals surface area contributed by atoms with Crippen molar-refractivity contribution in [1.29, 1.82) is 0 Å². The maximum Gasteiger partial charge on any atom is 0.338 e. The zero-order valence-electron chi connectivity index (χ0n) is 33.6. The van der Waals surface area contributed by atoms with Crippen molar-refractivity contribution in [2.75, 3.05) is 6.61 Å². The number of ether oxygens (including phenoxy) is 5. The average molecular weight is 825 g/mol. The Kier molecular flexibility index (Phi) is 12.8. The topological polar surface area (TPSA) is 118 Å². The molecule has 1 heterocycles. The highest BCUT2D eigenvalue weighted by Crippen LogP contribution is 2.43. The van der Waals surface area contributed by atoms with Crippen LogP contribution in [-0.2, 0) is 35.7 Å². The summed E-state index contributed by atoms with van der Waals surface area (Å²) in [5.41, 5.74) is 2.25. The van der Waals surface area contributed by atoms with Crippen LogP contribution in [0.5, 0.6) is 0 Å². The molecule has 7 aromatic carbocycles. The molecule has 1 saturated heterocycles. The number of aliphatic hydroxyl groups is 1. The number of hydrogen-bond donors (Lipinski definition) is 1. The summed E-state index contributed by atoms with van der Waals surface area (Å²) < 4.78 is 32.9. The highest BCUT2D eigenvalue weighted by atomic mass is 16.7. The fourth-order valence-corrected chi connectivity index (χ4v) is 7.89. The van der Waals surface area contributed by atoms with E-state index in [0.717, 1.165) is 16.7 Å². The van der Waals surface area contributed by atoms with E-state index in [1.54, 1.807) is 115 Å². The molecule has 0 spiro atoms. The van der Waals surface area contributed by atoms with E-state index in [4.69, 9.17) is 23.7 Å². The molecule has 62 heavy (non-hydrogen) atoms. The predicted molar refractivity (Wildman–Crippen MR) is 232 cm³/mol. The first-order chi connectivity index (χ1) is 30.3. The van der Waals surface area contributed by atoms with Crippen molar-refractivity contribution in [2.24, 2.45) is 0 Å². The van der Waals surface area contributed by atoms with E-state index in [9.17, 15) is 19.5 Å². The minimum absolute atomic E-state index is 0.171. The van der Waals surface area contributed by atoms with Gasteiger partial charge >= 0.3 is 17.9 Å². The van der Waals surface area contributed by atoms with Gasteiger partial charge in [0.15, 0.2) is 18.3 Å². The Balaban J connectivity index is 1.29. The van der Waals surface area contributed by atoms with Crippen LogP contribution in [-0.4, -0.2) is 59.8 Å². The van der Waals surface area contributed by atoms with Crippen LogP contribution in [0.25, 0.3) is 0 Å². The lowest BCUT2D eigenvalue weighted by Gasteiger charge is -2.49. The van der Waals surface area contributed by atoms with Crippen LogP contribution >= 0.6 is 0 Å².